The number of fused-ring (bicyclic) bond motifs is 1. The molecule has 0 aliphatic carbocycles. The summed E-state index contributed by atoms with van der Waals surface area (Å²) in [6.45, 7) is 1.28. The first-order valence-corrected chi connectivity index (χ1v) is 9.04. The topological polar surface area (TPSA) is 79.0 Å². The molecule has 24 heavy (non-hydrogen) atoms. The second-order valence-corrected chi connectivity index (χ2v) is 7.70. The van der Waals surface area contributed by atoms with Crippen molar-refractivity contribution < 1.29 is 17.9 Å². The van der Waals surface area contributed by atoms with Crippen LogP contribution < -0.4 is 5.32 Å². The van der Waals surface area contributed by atoms with Crippen LogP contribution in [0, 0.1) is 0 Å². The number of amides is 1. The van der Waals surface area contributed by atoms with E-state index in [1.165, 1.54) is 20.2 Å². The highest BCUT2D eigenvalue weighted by atomic mass is 32.2. The number of nitrogens with zero attached hydrogens (tertiary/aromatic N) is 2. The third kappa shape index (κ3) is 3.39. The highest BCUT2D eigenvalue weighted by Crippen LogP contribution is 2.35. The Morgan fingerprint density at radius 3 is 2.58 bits per heavy atom. The van der Waals surface area contributed by atoms with Crippen LogP contribution in [0.2, 0.25) is 0 Å². The lowest BCUT2D eigenvalue weighted by Gasteiger charge is -2.29. The van der Waals surface area contributed by atoms with E-state index in [0.29, 0.717) is 12.1 Å². The largest absolute Gasteiger partial charge is 0.494 e. The van der Waals surface area contributed by atoms with Gasteiger partial charge in [0, 0.05) is 19.2 Å². The molecule has 7 nitrogen and oxygen atoms in total. The number of hydrogen-bond acceptors (Lipinski definition) is 5. The molecule has 0 fully saturated rings. The average Bonchev–Trinajstić information content (AvgIpc) is 2.54. The summed E-state index contributed by atoms with van der Waals surface area (Å²) >= 11 is 0. The van der Waals surface area contributed by atoms with Gasteiger partial charge in [0.1, 0.15) is 0 Å². The van der Waals surface area contributed by atoms with Gasteiger partial charge in [-0.15, -0.1) is 0 Å². The van der Waals surface area contributed by atoms with Crippen molar-refractivity contribution in [3.8, 4) is 0 Å². The second-order valence-electron chi connectivity index (χ2n) is 5.76. The van der Waals surface area contributed by atoms with E-state index in [2.05, 4.69) is 5.32 Å². The van der Waals surface area contributed by atoms with Crippen LogP contribution in [0.3, 0.4) is 0 Å². The van der Waals surface area contributed by atoms with E-state index in [9.17, 15) is 13.2 Å². The lowest BCUT2D eigenvalue weighted by atomic mass is 10.1. The Hall–Kier alpha value is -2.06. The zero-order chi connectivity index (χ0) is 17.9. The molecule has 1 heterocycles. The summed E-state index contributed by atoms with van der Waals surface area (Å²) in [6, 6.07) is 6.50. The van der Waals surface area contributed by atoms with E-state index in [0.717, 1.165) is 17.3 Å². The Bertz CT molecular complexity index is 756. The first-order chi connectivity index (χ1) is 11.3. The predicted molar refractivity (Wildman–Crippen MR) is 91.5 cm³/mol. The van der Waals surface area contributed by atoms with Crippen LogP contribution in [0.1, 0.15) is 12.0 Å². The van der Waals surface area contributed by atoms with Gasteiger partial charge in [0.05, 0.1) is 12.0 Å². The number of hydrogen-bond donors (Lipinski definition) is 1. The van der Waals surface area contributed by atoms with Gasteiger partial charge in [0.15, 0.2) is 11.5 Å². The van der Waals surface area contributed by atoms with Crippen LogP contribution in [-0.2, 0) is 19.6 Å². The van der Waals surface area contributed by atoms with E-state index in [1.807, 2.05) is 19.0 Å². The van der Waals surface area contributed by atoms with E-state index >= 15 is 0 Å². The molecular weight excluding hydrogens is 330 g/mol. The predicted octanol–water partition coefficient (Wildman–Crippen LogP) is 0.704. The molecule has 0 spiro atoms. The number of sulfonamides is 1. The van der Waals surface area contributed by atoms with Gasteiger partial charge < -0.3 is 15.0 Å². The normalized spacial score (nSPS) is 16.1. The Labute approximate surface area is 142 Å². The minimum absolute atomic E-state index is 0.000975. The maximum atomic E-state index is 12.6. The zero-order valence-electron chi connectivity index (χ0n) is 14.4. The van der Waals surface area contributed by atoms with Crippen LogP contribution in [-0.4, -0.2) is 64.9 Å². The Kier molecular flexibility index (Phi) is 5.51. The number of carbonyl (C=O) groups is 1. The van der Waals surface area contributed by atoms with Crippen molar-refractivity contribution in [3.05, 3.63) is 35.5 Å². The quantitative estimate of drug-likeness (QED) is 0.762. The summed E-state index contributed by atoms with van der Waals surface area (Å²) in [7, 11) is 2.91. The summed E-state index contributed by atoms with van der Waals surface area (Å²) in [6.07, 6.45) is 0.765. The molecule has 0 bridgehead atoms. The van der Waals surface area contributed by atoms with Crippen LogP contribution in [0.15, 0.2) is 34.9 Å². The van der Waals surface area contributed by atoms with Crippen molar-refractivity contribution >= 4 is 21.7 Å². The molecule has 0 saturated heterocycles. The molecular formula is C16H23N3O4S. The number of carbonyl (C=O) groups excluding carboxylic acids is 1. The molecule has 0 saturated carbocycles. The number of rotatable bonds is 6. The van der Waals surface area contributed by atoms with Gasteiger partial charge in [0.25, 0.3) is 15.9 Å². The number of benzene rings is 1. The fourth-order valence-electron chi connectivity index (χ4n) is 2.55. The average molecular weight is 353 g/mol. The van der Waals surface area contributed by atoms with Crippen LogP contribution in [0.5, 0.6) is 0 Å². The van der Waals surface area contributed by atoms with Gasteiger partial charge in [-0.1, -0.05) is 12.1 Å². The third-order valence-corrected chi connectivity index (χ3v) is 5.60. The number of methoxy groups -OCH3 is 1. The molecule has 0 aromatic heterocycles. The SMILES string of the molecule is COC1=C(C(=O)NCCCN(C)C)N(C)S(=O)(=O)c2ccccc21. The minimum Gasteiger partial charge on any atom is -0.494 e. The number of likely N-dealkylation sites (N-methyl/N-ethyl adjacent to an activating group) is 1. The molecule has 1 aromatic rings. The lowest BCUT2D eigenvalue weighted by Crippen LogP contribution is -2.40. The molecule has 1 amide bonds. The first kappa shape index (κ1) is 18.3. The monoisotopic (exact) mass is 353 g/mol. The number of nitrogens with one attached hydrogen (secondary N) is 1. The van der Waals surface area contributed by atoms with Gasteiger partial charge in [-0.05, 0) is 39.2 Å². The van der Waals surface area contributed by atoms with Crippen LogP contribution >= 0.6 is 0 Å². The zero-order valence-corrected chi connectivity index (χ0v) is 15.2. The van der Waals surface area contributed by atoms with Crippen molar-refractivity contribution in [2.24, 2.45) is 0 Å². The highest BCUT2D eigenvalue weighted by molar-refractivity contribution is 7.89. The summed E-state index contributed by atoms with van der Waals surface area (Å²) < 4.78 is 31.6. The van der Waals surface area contributed by atoms with Gasteiger partial charge in [0.2, 0.25) is 0 Å². The van der Waals surface area contributed by atoms with E-state index in [1.54, 1.807) is 18.2 Å². The number of ether oxygens (including phenoxy) is 1. The van der Waals surface area contributed by atoms with Gasteiger partial charge >= 0.3 is 0 Å². The Morgan fingerprint density at radius 2 is 1.96 bits per heavy atom. The standard InChI is InChI=1S/C16H23N3O4S/c1-18(2)11-7-10-17-16(20)14-15(23-4)12-8-5-6-9-13(12)24(21,22)19(14)3/h5-6,8-9H,7,10-11H2,1-4H3,(H,17,20). The molecule has 8 heteroatoms. The maximum Gasteiger partial charge on any atom is 0.272 e. The van der Waals surface area contributed by atoms with E-state index in [-0.39, 0.29) is 16.4 Å². The minimum atomic E-state index is -3.78. The maximum absolute atomic E-state index is 12.6. The van der Waals surface area contributed by atoms with Crippen molar-refractivity contribution in [3.63, 3.8) is 0 Å². The molecule has 2 rings (SSSR count). The van der Waals surface area contributed by atoms with Gasteiger partial charge in [-0.3, -0.25) is 9.10 Å². The fraction of sp³-hybridized carbons (Fsp3) is 0.438. The summed E-state index contributed by atoms with van der Waals surface area (Å²) in [5.74, 6) is -0.209. The van der Waals surface area contributed by atoms with Gasteiger partial charge in [-0.25, -0.2) is 8.42 Å². The third-order valence-electron chi connectivity index (χ3n) is 3.79. The smallest absolute Gasteiger partial charge is 0.272 e. The van der Waals surface area contributed by atoms with E-state index in [4.69, 9.17) is 4.74 Å². The van der Waals surface area contributed by atoms with E-state index < -0.39 is 15.9 Å². The Balaban J connectivity index is 2.36. The van der Waals surface area contributed by atoms with Crippen LogP contribution in [0.25, 0.3) is 5.76 Å². The fourth-order valence-corrected chi connectivity index (χ4v) is 3.94. The molecule has 0 atom stereocenters. The Morgan fingerprint density at radius 1 is 1.29 bits per heavy atom. The van der Waals surface area contributed by atoms with Crippen molar-refractivity contribution in [2.75, 3.05) is 41.3 Å². The van der Waals surface area contributed by atoms with Crippen molar-refractivity contribution in [2.45, 2.75) is 11.3 Å². The van der Waals surface area contributed by atoms with Gasteiger partial charge in [-0.2, -0.15) is 0 Å². The first-order valence-electron chi connectivity index (χ1n) is 7.60. The van der Waals surface area contributed by atoms with Crippen molar-refractivity contribution in [1.82, 2.24) is 14.5 Å². The molecule has 1 aliphatic heterocycles. The lowest BCUT2D eigenvalue weighted by molar-refractivity contribution is -0.118. The molecule has 0 radical (unpaired) electrons. The summed E-state index contributed by atoms with van der Waals surface area (Å²) in [5.41, 5.74) is 0.401. The summed E-state index contributed by atoms with van der Waals surface area (Å²) in [4.78, 5) is 14.7. The molecule has 1 N–H and O–H groups in total. The molecule has 1 aliphatic rings. The molecule has 0 unspecified atom stereocenters. The van der Waals surface area contributed by atoms with Crippen LogP contribution in [0.4, 0.5) is 0 Å². The molecule has 1 aromatic carbocycles. The van der Waals surface area contributed by atoms with Crippen molar-refractivity contribution in [1.29, 1.82) is 0 Å². The molecule has 132 valence electrons. The highest BCUT2D eigenvalue weighted by Gasteiger charge is 2.38. The summed E-state index contributed by atoms with van der Waals surface area (Å²) in [5, 5.41) is 2.76. The second kappa shape index (κ2) is 7.23.